The number of amides is 1. The van der Waals surface area contributed by atoms with Crippen molar-refractivity contribution in [3.8, 4) is 0 Å². The lowest BCUT2D eigenvalue weighted by Gasteiger charge is -2.33. The van der Waals surface area contributed by atoms with Gasteiger partial charge in [-0.3, -0.25) is 4.79 Å². The van der Waals surface area contributed by atoms with Gasteiger partial charge in [-0.2, -0.15) is 0 Å². The average Bonchev–Trinajstić information content (AvgIpc) is 2.69. The SMILES string of the molecule is CC(c1cccc(C(=O)Nc2ccc(I)cc2)c1N=O)C1CCN(C)CC1. The largest absolute Gasteiger partial charge is 0.322 e. The van der Waals surface area contributed by atoms with Crippen LogP contribution in [0.4, 0.5) is 11.4 Å². The van der Waals surface area contributed by atoms with E-state index in [4.69, 9.17) is 0 Å². The predicted octanol–water partition coefficient (Wildman–Crippen LogP) is 5.39. The number of hydrogen-bond acceptors (Lipinski definition) is 4. The van der Waals surface area contributed by atoms with Crippen molar-refractivity contribution in [1.29, 1.82) is 0 Å². The summed E-state index contributed by atoms with van der Waals surface area (Å²) in [4.78, 5) is 26.7. The number of carbonyl (C=O) groups is 1. The molecule has 3 rings (SSSR count). The summed E-state index contributed by atoms with van der Waals surface area (Å²) in [5, 5.41) is 6.12. The number of carbonyl (C=O) groups excluding carboxylic acids is 1. The van der Waals surface area contributed by atoms with E-state index in [0.717, 1.165) is 35.1 Å². The average molecular weight is 477 g/mol. The van der Waals surface area contributed by atoms with Gasteiger partial charge in [0.05, 0.1) is 5.56 Å². The number of nitroso groups, excluding NO2 is 1. The van der Waals surface area contributed by atoms with Gasteiger partial charge in [0.1, 0.15) is 5.69 Å². The number of likely N-dealkylation sites (tertiary alicyclic amines) is 1. The maximum absolute atomic E-state index is 12.8. The van der Waals surface area contributed by atoms with Crippen molar-refractivity contribution in [1.82, 2.24) is 4.90 Å². The van der Waals surface area contributed by atoms with Gasteiger partial charge in [0.25, 0.3) is 5.91 Å². The third-order valence-corrected chi connectivity index (χ3v) is 6.19. The highest BCUT2D eigenvalue weighted by molar-refractivity contribution is 14.1. The van der Waals surface area contributed by atoms with Crippen LogP contribution >= 0.6 is 22.6 Å². The van der Waals surface area contributed by atoms with E-state index in [1.807, 2.05) is 36.4 Å². The molecule has 1 saturated heterocycles. The fourth-order valence-corrected chi connectivity index (χ4v) is 4.09. The molecule has 0 bridgehead atoms. The van der Waals surface area contributed by atoms with Crippen LogP contribution in [0.15, 0.2) is 47.6 Å². The minimum absolute atomic E-state index is 0.192. The van der Waals surface area contributed by atoms with Gasteiger partial charge in [-0.25, -0.2) is 0 Å². The van der Waals surface area contributed by atoms with Gasteiger partial charge in [0, 0.05) is 9.26 Å². The van der Waals surface area contributed by atoms with E-state index in [1.165, 1.54) is 0 Å². The summed E-state index contributed by atoms with van der Waals surface area (Å²) in [7, 11) is 2.13. The molecule has 1 aliphatic rings. The van der Waals surface area contributed by atoms with Gasteiger partial charge in [-0.05, 0) is 108 Å². The predicted molar refractivity (Wildman–Crippen MR) is 118 cm³/mol. The highest BCUT2D eigenvalue weighted by Gasteiger charge is 2.27. The number of hydrogen-bond donors (Lipinski definition) is 1. The molecule has 1 heterocycles. The Labute approximate surface area is 173 Å². The van der Waals surface area contributed by atoms with Crippen LogP contribution in [-0.4, -0.2) is 30.9 Å². The minimum Gasteiger partial charge on any atom is -0.322 e. The van der Waals surface area contributed by atoms with Crippen LogP contribution in [0.2, 0.25) is 0 Å². The molecule has 1 N–H and O–H groups in total. The first kappa shape index (κ1) is 19.9. The molecule has 0 aliphatic carbocycles. The Morgan fingerprint density at radius 1 is 1.19 bits per heavy atom. The van der Waals surface area contributed by atoms with E-state index < -0.39 is 0 Å². The topological polar surface area (TPSA) is 61.8 Å². The van der Waals surface area contributed by atoms with Crippen molar-refractivity contribution < 1.29 is 4.79 Å². The summed E-state index contributed by atoms with van der Waals surface area (Å²) in [6.07, 6.45) is 2.18. The Morgan fingerprint density at radius 2 is 1.85 bits per heavy atom. The van der Waals surface area contributed by atoms with E-state index in [1.54, 1.807) is 6.07 Å². The normalized spacial score (nSPS) is 16.7. The summed E-state index contributed by atoms with van der Waals surface area (Å²) < 4.78 is 1.09. The number of piperidine rings is 1. The Hall–Kier alpha value is -1.80. The van der Waals surface area contributed by atoms with Crippen LogP contribution in [0.3, 0.4) is 0 Å². The number of benzene rings is 2. The lowest BCUT2D eigenvalue weighted by atomic mass is 9.80. The van der Waals surface area contributed by atoms with E-state index >= 15 is 0 Å². The van der Waals surface area contributed by atoms with Crippen molar-refractivity contribution in [2.45, 2.75) is 25.7 Å². The van der Waals surface area contributed by atoms with Crippen LogP contribution in [0.1, 0.15) is 41.6 Å². The zero-order valence-corrected chi connectivity index (χ0v) is 17.8. The molecule has 6 heteroatoms. The molecule has 142 valence electrons. The Kier molecular flexibility index (Phi) is 6.59. The molecule has 2 aromatic carbocycles. The zero-order chi connectivity index (χ0) is 19.4. The first-order valence-electron chi connectivity index (χ1n) is 9.21. The minimum atomic E-state index is -0.303. The summed E-state index contributed by atoms with van der Waals surface area (Å²) in [5.74, 6) is 0.386. The van der Waals surface area contributed by atoms with E-state index in [9.17, 15) is 9.70 Å². The highest BCUT2D eigenvalue weighted by Crippen LogP contribution is 2.38. The van der Waals surface area contributed by atoms with Crippen molar-refractivity contribution in [2.24, 2.45) is 11.1 Å². The first-order chi connectivity index (χ1) is 13.0. The number of nitrogens with zero attached hydrogens (tertiary/aromatic N) is 2. The van der Waals surface area contributed by atoms with E-state index in [0.29, 0.717) is 17.2 Å². The first-order valence-corrected chi connectivity index (χ1v) is 10.3. The number of anilines is 1. The van der Waals surface area contributed by atoms with Gasteiger partial charge in [0.2, 0.25) is 0 Å². The monoisotopic (exact) mass is 477 g/mol. The molecule has 2 aromatic rings. The molecule has 0 aromatic heterocycles. The molecule has 0 saturated carbocycles. The van der Waals surface area contributed by atoms with Crippen molar-refractivity contribution in [2.75, 3.05) is 25.5 Å². The fraction of sp³-hybridized carbons (Fsp3) is 0.381. The second-order valence-electron chi connectivity index (χ2n) is 7.23. The molecule has 1 aliphatic heterocycles. The zero-order valence-electron chi connectivity index (χ0n) is 15.6. The van der Waals surface area contributed by atoms with Gasteiger partial charge >= 0.3 is 0 Å². The Bertz CT molecular complexity index is 815. The molecule has 1 fully saturated rings. The van der Waals surface area contributed by atoms with Gasteiger partial charge in [-0.15, -0.1) is 4.91 Å². The van der Waals surface area contributed by atoms with Gasteiger partial charge < -0.3 is 10.2 Å². The molecular formula is C21H24IN3O2. The molecule has 0 radical (unpaired) electrons. The second-order valence-corrected chi connectivity index (χ2v) is 8.47. The number of rotatable bonds is 5. The third-order valence-electron chi connectivity index (χ3n) is 5.47. The van der Waals surface area contributed by atoms with Crippen LogP contribution in [0.5, 0.6) is 0 Å². The summed E-state index contributed by atoms with van der Waals surface area (Å²) in [6.45, 7) is 4.26. The van der Waals surface area contributed by atoms with Crippen LogP contribution in [0.25, 0.3) is 0 Å². The number of halogens is 1. The molecule has 1 amide bonds. The van der Waals surface area contributed by atoms with Gasteiger partial charge in [0.15, 0.2) is 0 Å². The Morgan fingerprint density at radius 3 is 2.48 bits per heavy atom. The lowest BCUT2D eigenvalue weighted by Crippen LogP contribution is -2.32. The molecule has 1 unspecified atom stereocenters. The molecule has 27 heavy (non-hydrogen) atoms. The van der Waals surface area contributed by atoms with Crippen LogP contribution in [0, 0.1) is 14.4 Å². The quantitative estimate of drug-likeness (QED) is 0.464. The maximum atomic E-state index is 12.8. The van der Waals surface area contributed by atoms with Crippen molar-refractivity contribution >= 4 is 39.9 Å². The van der Waals surface area contributed by atoms with Crippen molar-refractivity contribution in [3.05, 3.63) is 62.1 Å². The van der Waals surface area contributed by atoms with E-state index in [2.05, 4.69) is 52.0 Å². The standard InChI is InChI=1S/C21H24IN3O2/c1-14(15-10-12-25(2)13-11-15)18-4-3-5-19(20(18)24-27)21(26)23-17-8-6-16(22)7-9-17/h3-9,14-15H,10-13H2,1-2H3,(H,23,26). The smallest absolute Gasteiger partial charge is 0.257 e. The summed E-state index contributed by atoms with van der Waals surface area (Å²) in [5.41, 5.74) is 2.17. The molecule has 1 atom stereocenters. The highest BCUT2D eigenvalue weighted by atomic mass is 127. The lowest BCUT2D eigenvalue weighted by molar-refractivity contribution is 0.102. The molecular weight excluding hydrogens is 453 g/mol. The van der Waals surface area contributed by atoms with Crippen LogP contribution in [-0.2, 0) is 0 Å². The molecule has 5 nitrogen and oxygen atoms in total. The van der Waals surface area contributed by atoms with Crippen LogP contribution < -0.4 is 5.32 Å². The summed E-state index contributed by atoms with van der Waals surface area (Å²) in [6, 6.07) is 13.0. The summed E-state index contributed by atoms with van der Waals surface area (Å²) >= 11 is 2.21. The number of nitrogens with one attached hydrogen (secondary N) is 1. The second kappa shape index (κ2) is 8.93. The fourth-order valence-electron chi connectivity index (χ4n) is 3.73. The van der Waals surface area contributed by atoms with E-state index in [-0.39, 0.29) is 17.5 Å². The van der Waals surface area contributed by atoms with Crippen molar-refractivity contribution in [3.63, 3.8) is 0 Å². The maximum Gasteiger partial charge on any atom is 0.257 e. The Balaban J connectivity index is 1.84. The van der Waals surface area contributed by atoms with Gasteiger partial charge in [-0.1, -0.05) is 19.1 Å². The third kappa shape index (κ3) is 4.73. The molecule has 0 spiro atoms.